The number of hydrogen-bond donors (Lipinski definition) is 3. The van der Waals surface area contributed by atoms with Crippen LogP contribution in [0.15, 0.2) is 18.2 Å². The topological polar surface area (TPSA) is 122 Å². The maximum atomic E-state index is 14.0. The quantitative estimate of drug-likeness (QED) is 0.530. The zero-order valence-corrected chi connectivity index (χ0v) is 11.6. The number of nitro benzene ring substituents is 1. The molecule has 1 aliphatic heterocycles. The van der Waals surface area contributed by atoms with Gasteiger partial charge in [0.15, 0.2) is 11.9 Å². The Morgan fingerprint density at radius 3 is 2.68 bits per heavy atom. The first-order valence-corrected chi connectivity index (χ1v) is 6.53. The first-order chi connectivity index (χ1) is 10.3. The summed E-state index contributed by atoms with van der Waals surface area (Å²) in [7, 11) is 0. The molecule has 0 spiro atoms. The molecule has 0 aliphatic carbocycles. The first kappa shape index (κ1) is 16.6. The molecule has 1 fully saturated rings. The maximum Gasteiger partial charge on any atom is 0.311 e. The van der Waals surface area contributed by atoms with Crippen molar-refractivity contribution in [1.82, 2.24) is 0 Å². The van der Waals surface area contributed by atoms with Crippen LogP contribution in [0, 0.1) is 17.0 Å². The third kappa shape index (κ3) is 3.17. The van der Waals surface area contributed by atoms with Crippen LogP contribution in [0.4, 0.5) is 10.1 Å². The van der Waals surface area contributed by atoms with Crippen molar-refractivity contribution in [2.75, 3.05) is 6.61 Å². The third-order valence-electron chi connectivity index (χ3n) is 3.36. The van der Waals surface area contributed by atoms with E-state index in [0.717, 1.165) is 0 Å². The van der Waals surface area contributed by atoms with Crippen molar-refractivity contribution >= 4 is 5.69 Å². The second kappa shape index (κ2) is 6.53. The molecular weight excluding hydrogens is 301 g/mol. The summed E-state index contributed by atoms with van der Waals surface area (Å²) in [6.45, 7) is 0.981. The van der Waals surface area contributed by atoms with Crippen LogP contribution in [0.2, 0.25) is 0 Å². The van der Waals surface area contributed by atoms with Crippen LogP contribution in [-0.4, -0.2) is 57.6 Å². The van der Waals surface area contributed by atoms with Gasteiger partial charge in [-0.3, -0.25) is 10.1 Å². The second-order valence-electron chi connectivity index (χ2n) is 5.00. The van der Waals surface area contributed by atoms with E-state index in [1.54, 1.807) is 6.92 Å². The van der Waals surface area contributed by atoms with Crippen molar-refractivity contribution in [3.8, 4) is 5.75 Å². The van der Waals surface area contributed by atoms with Gasteiger partial charge in [-0.2, -0.15) is 0 Å². The standard InChI is InChI=1S/C13H16FNO7/c1-6-2-3-8(7(4-6)15(19)20)21-13-10(14)12(18)11(17)9(5-16)22-13/h2-4,9-13,16-18H,5H2,1H3. The van der Waals surface area contributed by atoms with Gasteiger partial charge >= 0.3 is 5.69 Å². The summed E-state index contributed by atoms with van der Waals surface area (Å²) in [6.07, 6.45) is -8.51. The molecule has 0 amide bonds. The van der Waals surface area contributed by atoms with Crippen LogP contribution in [-0.2, 0) is 4.74 Å². The maximum absolute atomic E-state index is 14.0. The largest absolute Gasteiger partial charge is 0.454 e. The van der Waals surface area contributed by atoms with Gasteiger partial charge in [0.2, 0.25) is 6.29 Å². The number of rotatable bonds is 4. The van der Waals surface area contributed by atoms with Crippen molar-refractivity contribution < 1.29 is 34.1 Å². The van der Waals surface area contributed by atoms with Gasteiger partial charge in [0.05, 0.1) is 11.5 Å². The van der Waals surface area contributed by atoms with Crippen LogP contribution in [0.1, 0.15) is 5.56 Å². The molecule has 1 heterocycles. The monoisotopic (exact) mass is 317 g/mol. The Morgan fingerprint density at radius 2 is 2.09 bits per heavy atom. The SMILES string of the molecule is Cc1ccc(OC2OC(CO)C(O)C(O)C2F)c([N+](=O)[O-])c1. The number of ether oxygens (including phenoxy) is 2. The number of halogens is 1. The molecule has 2 rings (SSSR count). The summed E-state index contributed by atoms with van der Waals surface area (Å²) in [5, 5.41) is 39.2. The molecule has 22 heavy (non-hydrogen) atoms. The second-order valence-corrected chi connectivity index (χ2v) is 5.00. The molecule has 1 saturated heterocycles. The summed E-state index contributed by atoms with van der Waals surface area (Å²) in [6, 6.07) is 4.07. The van der Waals surface area contributed by atoms with Gasteiger partial charge in [-0.15, -0.1) is 0 Å². The average molecular weight is 317 g/mol. The lowest BCUT2D eigenvalue weighted by molar-refractivity contribution is -0.387. The predicted octanol–water partition coefficient (Wildman–Crippen LogP) is 0.0591. The molecule has 5 unspecified atom stereocenters. The summed E-state index contributed by atoms with van der Waals surface area (Å²) < 4.78 is 24.2. The highest BCUT2D eigenvalue weighted by Crippen LogP contribution is 2.32. The van der Waals surface area contributed by atoms with E-state index >= 15 is 0 Å². The Balaban J connectivity index is 2.24. The molecule has 8 nitrogen and oxygen atoms in total. The van der Waals surface area contributed by atoms with E-state index in [9.17, 15) is 24.7 Å². The number of nitro groups is 1. The molecule has 0 saturated carbocycles. The highest BCUT2D eigenvalue weighted by Gasteiger charge is 2.46. The minimum atomic E-state index is -2.13. The zero-order valence-electron chi connectivity index (χ0n) is 11.6. The van der Waals surface area contributed by atoms with Gasteiger partial charge < -0.3 is 24.8 Å². The van der Waals surface area contributed by atoms with Crippen molar-refractivity contribution in [3.63, 3.8) is 0 Å². The Labute approximate surface area is 124 Å². The van der Waals surface area contributed by atoms with Crippen LogP contribution < -0.4 is 4.74 Å². The van der Waals surface area contributed by atoms with Gasteiger partial charge in [-0.05, 0) is 18.6 Å². The normalized spacial score (nSPS) is 31.8. The average Bonchev–Trinajstić information content (AvgIpc) is 2.49. The number of benzene rings is 1. The molecule has 9 heteroatoms. The number of alkyl halides is 1. The summed E-state index contributed by atoms with van der Waals surface area (Å²) in [4.78, 5) is 10.3. The van der Waals surface area contributed by atoms with Crippen LogP contribution in [0.3, 0.4) is 0 Å². The van der Waals surface area contributed by atoms with Crippen LogP contribution in [0.5, 0.6) is 5.75 Å². The van der Waals surface area contributed by atoms with E-state index in [-0.39, 0.29) is 11.4 Å². The Bertz CT molecular complexity index is 553. The van der Waals surface area contributed by atoms with E-state index in [4.69, 9.17) is 14.6 Å². The Hall–Kier alpha value is -1.81. The van der Waals surface area contributed by atoms with Gasteiger partial charge in [0.1, 0.15) is 18.3 Å². The molecule has 1 aromatic rings. The minimum Gasteiger partial charge on any atom is -0.454 e. The fraction of sp³-hybridized carbons (Fsp3) is 0.538. The van der Waals surface area contributed by atoms with Gasteiger partial charge in [-0.25, -0.2) is 4.39 Å². The lowest BCUT2D eigenvalue weighted by atomic mass is 10.0. The van der Waals surface area contributed by atoms with E-state index in [1.807, 2.05) is 0 Å². The molecule has 1 aliphatic rings. The number of hydrogen-bond acceptors (Lipinski definition) is 7. The number of aryl methyl sites for hydroxylation is 1. The van der Waals surface area contributed by atoms with Crippen LogP contribution in [0.25, 0.3) is 0 Å². The molecule has 5 atom stereocenters. The number of aliphatic hydroxyl groups excluding tert-OH is 3. The van der Waals surface area contributed by atoms with Gasteiger partial charge in [0, 0.05) is 6.07 Å². The molecule has 0 bridgehead atoms. The molecule has 3 N–H and O–H groups in total. The van der Waals surface area contributed by atoms with Crippen molar-refractivity contribution in [2.24, 2.45) is 0 Å². The van der Waals surface area contributed by atoms with E-state index in [1.165, 1.54) is 18.2 Å². The molecule has 122 valence electrons. The lowest BCUT2D eigenvalue weighted by Crippen LogP contribution is -2.58. The van der Waals surface area contributed by atoms with E-state index in [0.29, 0.717) is 5.56 Å². The summed E-state index contributed by atoms with van der Waals surface area (Å²) in [5.74, 6) is -0.233. The first-order valence-electron chi connectivity index (χ1n) is 6.53. The summed E-state index contributed by atoms with van der Waals surface area (Å²) in [5.41, 5.74) is 0.237. The third-order valence-corrected chi connectivity index (χ3v) is 3.36. The fourth-order valence-corrected chi connectivity index (χ4v) is 2.14. The van der Waals surface area contributed by atoms with E-state index < -0.39 is 42.3 Å². The van der Waals surface area contributed by atoms with Crippen molar-refractivity contribution in [1.29, 1.82) is 0 Å². The smallest absolute Gasteiger partial charge is 0.311 e. The lowest BCUT2D eigenvalue weighted by Gasteiger charge is -2.38. The predicted molar refractivity (Wildman–Crippen MR) is 71.1 cm³/mol. The van der Waals surface area contributed by atoms with Crippen LogP contribution >= 0.6 is 0 Å². The zero-order chi connectivity index (χ0) is 16.4. The Kier molecular flexibility index (Phi) is 4.91. The highest BCUT2D eigenvalue weighted by atomic mass is 19.1. The van der Waals surface area contributed by atoms with Crippen molar-refractivity contribution in [3.05, 3.63) is 33.9 Å². The minimum absolute atomic E-state index is 0.233. The molecule has 1 aromatic carbocycles. The fourth-order valence-electron chi connectivity index (χ4n) is 2.14. The molecule has 0 aromatic heterocycles. The van der Waals surface area contributed by atoms with E-state index in [2.05, 4.69) is 0 Å². The molecular formula is C13H16FNO7. The van der Waals surface area contributed by atoms with Gasteiger partial charge in [0.25, 0.3) is 0 Å². The molecule has 0 radical (unpaired) electrons. The van der Waals surface area contributed by atoms with Gasteiger partial charge in [-0.1, -0.05) is 6.07 Å². The van der Waals surface area contributed by atoms with Crippen molar-refractivity contribution in [2.45, 2.75) is 37.7 Å². The highest BCUT2D eigenvalue weighted by molar-refractivity contribution is 5.48. The number of aliphatic hydroxyl groups is 3. The Morgan fingerprint density at radius 1 is 1.41 bits per heavy atom. The number of nitrogens with zero attached hydrogens (tertiary/aromatic N) is 1. The summed E-state index contributed by atoms with van der Waals surface area (Å²) >= 11 is 0.